The number of nitrogens with zero attached hydrogens (tertiary/aromatic N) is 3. The minimum atomic E-state index is -0.512. The molecule has 0 aliphatic carbocycles. The van der Waals surface area contributed by atoms with Gasteiger partial charge in [0, 0.05) is 19.1 Å². The maximum absolute atomic E-state index is 11.5. The van der Waals surface area contributed by atoms with Crippen molar-refractivity contribution in [1.82, 2.24) is 9.69 Å². The van der Waals surface area contributed by atoms with Crippen LogP contribution in [0.15, 0.2) is 0 Å². The largest absolute Gasteiger partial charge is 0.359 e. The number of carbonyl (C=O) groups is 1. The molecule has 6 nitrogen and oxygen atoms in total. The van der Waals surface area contributed by atoms with Gasteiger partial charge in [-0.1, -0.05) is 11.6 Å². The second-order valence-electron chi connectivity index (χ2n) is 4.49. The Morgan fingerprint density at radius 1 is 1.79 bits per heavy atom. The molecule has 19 heavy (non-hydrogen) atoms. The lowest BCUT2D eigenvalue weighted by Gasteiger charge is -2.17. The molecule has 2 unspecified atom stereocenters. The van der Waals surface area contributed by atoms with Gasteiger partial charge >= 0.3 is 0 Å². The molecule has 1 aromatic rings. The van der Waals surface area contributed by atoms with Gasteiger partial charge in [0.25, 0.3) is 0 Å². The molecule has 1 aliphatic rings. The van der Waals surface area contributed by atoms with Crippen LogP contribution in [0.1, 0.15) is 18.9 Å². The molecule has 2 rings (SSSR count). The number of carbonyl (C=O) groups excluding carboxylic acids is 1. The highest BCUT2D eigenvalue weighted by atomic mass is 35.5. The van der Waals surface area contributed by atoms with Gasteiger partial charge in [-0.15, -0.1) is 0 Å². The normalized spacial score (nSPS) is 20.1. The standard InChI is InChI=1S/C11H14ClN5OS/c1-6(14)10(18)15-7-2-3-17(5-7)11-8(4-13)9(12)16-19-11/h6-7H,2-3,5,14H2,1H3,(H,15,18). The summed E-state index contributed by atoms with van der Waals surface area (Å²) in [5, 5.41) is 12.9. The van der Waals surface area contributed by atoms with Crippen molar-refractivity contribution in [3.8, 4) is 6.07 Å². The first-order chi connectivity index (χ1) is 9.02. The summed E-state index contributed by atoms with van der Waals surface area (Å²) >= 11 is 7.06. The summed E-state index contributed by atoms with van der Waals surface area (Å²) in [6.07, 6.45) is 0.818. The molecule has 1 saturated heterocycles. The Kier molecular flexibility index (Phi) is 4.24. The number of nitrogens with two attached hydrogens (primary N) is 1. The quantitative estimate of drug-likeness (QED) is 0.857. The van der Waals surface area contributed by atoms with E-state index in [2.05, 4.69) is 15.8 Å². The van der Waals surface area contributed by atoms with Gasteiger partial charge in [0.1, 0.15) is 16.6 Å². The summed E-state index contributed by atoms with van der Waals surface area (Å²) in [5.41, 5.74) is 5.92. The molecule has 2 atom stereocenters. The van der Waals surface area contributed by atoms with Crippen LogP contribution in [0.2, 0.25) is 5.15 Å². The van der Waals surface area contributed by atoms with Gasteiger partial charge in [0.05, 0.1) is 6.04 Å². The van der Waals surface area contributed by atoms with Gasteiger partial charge in [-0.05, 0) is 24.9 Å². The highest BCUT2D eigenvalue weighted by Crippen LogP contribution is 2.33. The van der Waals surface area contributed by atoms with E-state index in [0.717, 1.165) is 18.0 Å². The monoisotopic (exact) mass is 299 g/mol. The minimum absolute atomic E-state index is 0.0471. The van der Waals surface area contributed by atoms with Crippen molar-refractivity contribution < 1.29 is 4.79 Å². The first-order valence-electron chi connectivity index (χ1n) is 5.89. The number of anilines is 1. The van der Waals surface area contributed by atoms with E-state index in [1.165, 1.54) is 11.5 Å². The van der Waals surface area contributed by atoms with E-state index in [-0.39, 0.29) is 17.1 Å². The van der Waals surface area contributed by atoms with Crippen LogP contribution in [-0.2, 0) is 4.79 Å². The summed E-state index contributed by atoms with van der Waals surface area (Å²) in [7, 11) is 0. The van der Waals surface area contributed by atoms with Crippen LogP contribution < -0.4 is 16.0 Å². The van der Waals surface area contributed by atoms with E-state index in [0.29, 0.717) is 12.1 Å². The average Bonchev–Trinajstić information content (AvgIpc) is 2.95. The molecule has 0 bridgehead atoms. The predicted octanol–water partition coefficient (Wildman–Crippen LogP) is 0.710. The van der Waals surface area contributed by atoms with E-state index in [4.69, 9.17) is 22.6 Å². The minimum Gasteiger partial charge on any atom is -0.359 e. The molecule has 1 fully saturated rings. The molecular weight excluding hydrogens is 286 g/mol. The SMILES string of the molecule is CC(N)C(=O)NC1CCN(c2snc(Cl)c2C#N)C1. The lowest BCUT2D eigenvalue weighted by molar-refractivity contribution is -0.122. The van der Waals surface area contributed by atoms with Crippen LogP contribution >= 0.6 is 23.1 Å². The fraction of sp³-hybridized carbons (Fsp3) is 0.545. The first kappa shape index (κ1) is 14.1. The van der Waals surface area contributed by atoms with E-state index in [1.807, 2.05) is 4.90 Å². The van der Waals surface area contributed by atoms with Gasteiger partial charge in [-0.25, -0.2) is 0 Å². The van der Waals surface area contributed by atoms with Gasteiger partial charge in [0.15, 0.2) is 5.15 Å². The molecule has 0 saturated carbocycles. The van der Waals surface area contributed by atoms with Crippen LogP contribution in [0.3, 0.4) is 0 Å². The molecule has 102 valence electrons. The Balaban J connectivity index is 2.02. The third kappa shape index (κ3) is 2.97. The Morgan fingerprint density at radius 3 is 3.16 bits per heavy atom. The maximum Gasteiger partial charge on any atom is 0.236 e. The smallest absolute Gasteiger partial charge is 0.236 e. The summed E-state index contributed by atoms with van der Waals surface area (Å²) in [6, 6.07) is 1.60. The second-order valence-corrected chi connectivity index (χ2v) is 5.60. The van der Waals surface area contributed by atoms with Crippen LogP contribution in [0.25, 0.3) is 0 Å². The highest BCUT2D eigenvalue weighted by molar-refractivity contribution is 7.10. The van der Waals surface area contributed by atoms with Crippen molar-refractivity contribution in [1.29, 1.82) is 5.26 Å². The van der Waals surface area contributed by atoms with Gasteiger partial charge < -0.3 is 16.0 Å². The third-order valence-electron chi connectivity index (χ3n) is 2.98. The summed E-state index contributed by atoms with van der Waals surface area (Å²) in [4.78, 5) is 13.6. The number of halogens is 1. The molecule has 0 radical (unpaired) electrons. The van der Waals surface area contributed by atoms with Crippen molar-refractivity contribution in [2.24, 2.45) is 5.73 Å². The second kappa shape index (κ2) is 5.74. The number of hydrogen-bond donors (Lipinski definition) is 2. The van der Waals surface area contributed by atoms with Crippen LogP contribution in [0, 0.1) is 11.3 Å². The number of rotatable bonds is 3. The van der Waals surface area contributed by atoms with Gasteiger partial charge in [-0.2, -0.15) is 9.64 Å². The zero-order valence-corrected chi connectivity index (χ0v) is 12.0. The van der Waals surface area contributed by atoms with E-state index >= 15 is 0 Å². The van der Waals surface area contributed by atoms with Crippen LogP contribution in [0.4, 0.5) is 5.00 Å². The molecule has 0 aromatic carbocycles. The zero-order valence-electron chi connectivity index (χ0n) is 10.4. The Bertz CT molecular complexity index is 524. The number of amides is 1. The number of nitriles is 1. The fourth-order valence-corrected chi connectivity index (χ4v) is 3.03. The molecule has 1 aromatic heterocycles. The Morgan fingerprint density at radius 2 is 2.53 bits per heavy atom. The Hall–Kier alpha value is -1.36. The van der Waals surface area contributed by atoms with E-state index in [9.17, 15) is 4.79 Å². The summed E-state index contributed by atoms with van der Waals surface area (Å²) < 4.78 is 3.98. The maximum atomic E-state index is 11.5. The summed E-state index contributed by atoms with van der Waals surface area (Å²) in [6.45, 7) is 3.06. The van der Waals surface area contributed by atoms with Gasteiger partial charge in [-0.3, -0.25) is 4.79 Å². The van der Waals surface area contributed by atoms with E-state index < -0.39 is 6.04 Å². The molecule has 1 amide bonds. The number of nitrogens with one attached hydrogen (secondary N) is 1. The van der Waals surface area contributed by atoms with Crippen molar-refractivity contribution in [2.75, 3.05) is 18.0 Å². The molecule has 3 N–H and O–H groups in total. The topological polar surface area (TPSA) is 95.0 Å². The predicted molar refractivity (Wildman–Crippen MR) is 74.2 cm³/mol. The van der Waals surface area contributed by atoms with Crippen LogP contribution in [-0.4, -0.2) is 35.5 Å². The fourth-order valence-electron chi connectivity index (χ4n) is 1.97. The molecule has 1 aliphatic heterocycles. The molecule has 8 heteroatoms. The Labute approximate surface area is 120 Å². The molecular formula is C11H14ClN5OS. The van der Waals surface area contributed by atoms with E-state index in [1.54, 1.807) is 6.92 Å². The van der Waals surface area contributed by atoms with Crippen LogP contribution in [0.5, 0.6) is 0 Å². The van der Waals surface area contributed by atoms with Crippen molar-refractivity contribution in [3.63, 3.8) is 0 Å². The lowest BCUT2D eigenvalue weighted by atomic mass is 10.2. The van der Waals surface area contributed by atoms with Crippen molar-refractivity contribution >= 4 is 34.0 Å². The molecule has 0 spiro atoms. The number of hydrogen-bond acceptors (Lipinski definition) is 6. The van der Waals surface area contributed by atoms with Crippen molar-refractivity contribution in [3.05, 3.63) is 10.7 Å². The highest BCUT2D eigenvalue weighted by Gasteiger charge is 2.28. The van der Waals surface area contributed by atoms with Crippen molar-refractivity contribution in [2.45, 2.75) is 25.4 Å². The number of aromatic nitrogens is 1. The first-order valence-corrected chi connectivity index (χ1v) is 7.04. The summed E-state index contributed by atoms with van der Waals surface area (Å²) in [5.74, 6) is -0.158. The third-order valence-corrected chi connectivity index (χ3v) is 4.26. The average molecular weight is 300 g/mol. The van der Waals surface area contributed by atoms with Gasteiger partial charge in [0.2, 0.25) is 5.91 Å². The zero-order chi connectivity index (χ0) is 14.0. The molecule has 2 heterocycles. The lowest BCUT2D eigenvalue weighted by Crippen LogP contribution is -2.44.